The van der Waals surface area contributed by atoms with E-state index in [1.165, 1.54) is 37.0 Å². The lowest BCUT2D eigenvalue weighted by molar-refractivity contribution is 0.119. The first-order valence-electron chi connectivity index (χ1n) is 8.20. The van der Waals surface area contributed by atoms with Gasteiger partial charge in [0.15, 0.2) is 0 Å². The monoisotopic (exact) mass is 379 g/mol. The molecule has 140 valence electrons. The van der Waals surface area contributed by atoms with Gasteiger partial charge in [0.2, 0.25) is 10.0 Å². The van der Waals surface area contributed by atoms with Crippen LogP contribution in [0.5, 0.6) is 17.5 Å². The topological polar surface area (TPSA) is 90.9 Å². The first-order chi connectivity index (χ1) is 12.5. The van der Waals surface area contributed by atoms with Gasteiger partial charge in [0.05, 0.1) is 25.7 Å². The molecule has 0 saturated carbocycles. The van der Waals surface area contributed by atoms with Crippen LogP contribution in [-0.4, -0.2) is 56.1 Å². The first kappa shape index (κ1) is 18.4. The van der Waals surface area contributed by atoms with E-state index in [4.69, 9.17) is 14.2 Å². The van der Waals surface area contributed by atoms with E-state index >= 15 is 0 Å². The minimum Gasteiger partial charge on any atom is -0.497 e. The van der Waals surface area contributed by atoms with Crippen LogP contribution in [0.4, 0.5) is 0 Å². The van der Waals surface area contributed by atoms with Gasteiger partial charge < -0.3 is 14.2 Å². The molecule has 1 aliphatic heterocycles. The Morgan fingerprint density at radius 1 is 1.12 bits per heavy atom. The van der Waals surface area contributed by atoms with E-state index in [1.807, 2.05) is 0 Å². The van der Waals surface area contributed by atoms with Gasteiger partial charge in [0.1, 0.15) is 11.9 Å². The Morgan fingerprint density at radius 3 is 2.62 bits per heavy atom. The highest BCUT2D eigenvalue weighted by atomic mass is 32.2. The predicted octanol–water partition coefficient (Wildman–Crippen LogP) is 1.73. The molecular formula is C17H21N3O5S. The molecule has 1 saturated heterocycles. The molecule has 1 aromatic carbocycles. The average Bonchev–Trinajstić information content (AvgIpc) is 2.68. The molecule has 2 heterocycles. The summed E-state index contributed by atoms with van der Waals surface area (Å²) in [5.41, 5.74) is 0. The highest BCUT2D eigenvalue weighted by Crippen LogP contribution is 2.27. The van der Waals surface area contributed by atoms with E-state index in [0.29, 0.717) is 18.7 Å². The van der Waals surface area contributed by atoms with Gasteiger partial charge >= 0.3 is 0 Å². The zero-order chi connectivity index (χ0) is 18.6. The van der Waals surface area contributed by atoms with Crippen LogP contribution >= 0.6 is 0 Å². The zero-order valence-corrected chi connectivity index (χ0v) is 15.5. The third-order valence-corrected chi connectivity index (χ3v) is 5.99. The molecule has 26 heavy (non-hydrogen) atoms. The van der Waals surface area contributed by atoms with Crippen LogP contribution in [0.2, 0.25) is 0 Å². The molecule has 1 atom stereocenters. The van der Waals surface area contributed by atoms with Crippen LogP contribution in [0.25, 0.3) is 0 Å². The molecule has 1 fully saturated rings. The molecule has 2 aromatic rings. The molecule has 1 unspecified atom stereocenters. The van der Waals surface area contributed by atoms with E-state index in [2.05, 4.69) is 9.97 Å². The fraction of sp³-hybridized carbons (Fsp3) is 0.412. The highest BCUT2D eigenvalue weighted by Gasteiger charge is 2.32. The summed E-state index contributed by atoms with van der Waals surface area (Å²) in [6.45, 7) is 0.677. The minimum atomic E-state index is -3.63. The number of sulfonamides is 1. The standard InChI is InChI=1S/C17H21N3O5S/c1-23-13-5-3-7-15(11-13)26(21,22)20-10-4-6-14(12-20)25-17-16(24-2)18-8-9-19-17/h3,5,7-9,11,14H,4,6,10,12H2,1-2H3. The van der Waals surface area contributed by atoms with Gasteiger partial charge in [-0.15, -0.1) is 0 Å². The van der Waals surface area contributed by atoms with E-state index in [9.17, 15) is 8.42 Å². The smallest absolute Gasteiger partial charge is 0.278 e. The number of piperidine rings is 1. The predicted molar refractivity (Wildman–Crippen MR) is 94.0 cm³/mol. The van der Waals surface area contributed by atoms with Crippen LogP contribution in [0.15, 0.2) is 41.6 Å². The second-order valence-corrected chi connectivity index (χ2v) is 7.73. The molecule has 1 aromatic heterocycles. The van der Waals surface area contributed by atoms with E-state index in [-0.39, 0.29) is 29.3 Å². The van der Waals surface area contributed by atoms with Crippen molar-refractivity contribution in [2.45, 2.75) is 23.8 Å². The lowest BCUT2D eigenvalue weighted by Gasteiger charge is -2.31. The number of aromatic nitrogens is 2. The molecule has 0 aliphatic carbocycles. The first-order valence-corrected chi connectivity index (χ1v) is 9.64. The summed E-state index contributed by atoms with van der Waals surface area (Å²) in [5, 5.41) is 0. The maximum absolute atomic E-state index is 12.9. The molecule has 8 nitrogen and oxygen atoms in total. The number of methoxy groups -OCH3 is 2. The Balaban J connectivity index is 1.77. The van der Waals surface area contributed by atoms with Gasteiger partial charge in [-0.25, -0.2) is 18.4 Å². The van der Waals surface area contributed by atoms with Gasteiger partial charge in [0, 0.05) is 25.0 Å². The number of rotatable bonds is 6. The molecule has 1 aliphatic rings. The largest absolute Gasteiger partial charge is 0.497 e. The van der Waals surface area contributed by atoms with E-state index in [1.54, 1.807) is 18.2 Å². The lowest BCUT2D eigenvalue weighted by Crippen LogP contribution is -2.44. The highest BCUT2D eigenvalue weighted by molar-refractivity contribution is 7.89. The number of hydrogen-bond donors (Lipinski definition) is 0. The van der Waals surface area contributed by atoms with E-state index in [0.717, 1.165) is 6.42 Å². The summed E-state index contributed by atoms with van der Waals surface area (Å²) in [7, 11) is -0.641. The summed E-state index contributed by atoms with van der Waals surface area (Å²) >= 11 is 0. The van der Waals surface area contributed by atoms with Gasteiger partial charge in [-0.05, 0) is 25.0 Å². The van der Waals surface area contributed by atoms with Crippen LogP contribution in [0, 0.1) is 0 Å². The van der Waals surface area contributed by atoms with Crippen molar-refractivity contribution in [1.29, 1.82) is 0 Å². The fourth-order valence-electron chi connectivity index (χ4n) is 2.82. The van der Waals surface area contributed by atoms with Crippen LogP contribution in [-0.2, 0) is 10.0 Å². The second kappa shape index (κ2) is 7.88. The second-order valence-electron chi connectivity index (χ2n) is 5.79. The van der Waals surface area contributed by atoms with Gasteiger partial charge in [-0.3, -0.25) is 0 Å². The third-order valence-electron chi connectivity index (χ3n) is 4.12. The summed E-state index contributed by atoms with van der Waals surface area (Å²) in [4.78, 5) is 8.36. The van der Waals surface area contributed by atoms with E-state index < -0.39 is 10.0 Å². The Hall–Kier alpha value is -2.39. The average molecular weight is 379 g/mol. The third kappa shape index (κ3) is 3.88. The summed E-state index contributed by atoms with van der Waals surface area (Å²) in [5.74, 6) is 1.04. The van der Waals surface area contributed by atoms with Crippen molar-refractivity contribution < 1.29 is 22.6 Å². The van der Waals surface area contributed by atoms with Crippen LogP contribution in [0.3, 0.4) is 0 Å². The van der Waals surface area contributed by atoms with Gasteiger partial charge in [0.25, 0.3) is 11.8 Å². The molecule has 0 N–H and O–H groups in total. The quantitative estimate of drug-likeness (QED) is 0.755. The Kier molecular flexibility index (Phi) is 5.58. The number of ether oxygens (including phenoxy) is 3. The Bertz CT molecular complexity index is 859. The normalized spacial score (nSPS) is 18.3. The molecule has 9 heteroatoms. The van der Waals surface area contributed by atoms with Crippen molar-refractivity contribution in [3.63, 3.8) is 0 Å². The SMILES string of the molecule is COc1cccc(S(=O)(=O)N2CCCC(Oc3nccnc3OC)C2)c1. The molecule has 0 spiro atoms. The van der Waals surface area contributed by atoms with Crippen molar-refractivity contribution in [2.75, 3.05) is 27.3 Å². The van der Waals surface area contributed by atoms with Gasteiger partial charge in [-0.2, -0.15) is 4.31 Å². The number of benzene rings is 1. The fourth-order valence-corrected chi connectivity index (χ4v) is 4.37. The minimum absolute atomic E-state index is 0.203. The summed E-state index contributed by atoms with van der Waals surface area (Å²) in [6.07, 6.45) is 4.10. The lowest BCUT2D eigenvalue weighted by atomic mass is 10.1. The Morgan fingerprint density at radius 2 is 1.88 bits per heavy atom. The number of nitrogens with zero attached hydrogens (tertiary/aromatic N) is 3. The molecule has 3 rings (SSSR count). The van der Waals surface area contributed by atoms with Gasteiger partial charge in [-0.1, -0.05) is 6.07 Å². The van der Waals surface area contributed by atoms with Crippen molar-refractivity contribution >= 4 is 10.0 Å². The maximum atomic E-state index is 12.9. The molecular weight excluding hydrogens is 358 g/mol. The Labute approximate surface area is 152 Å². The van der Waals surface area contributed by atoms with Crippen molar-refractivity contribution in [1.82, 2.24) is 14.3 Å². The van der Waals surface area contributed by atoms with Crippen molar-refractivity contribution in [3.05, 3.63) is 36.7 Å². The zero-order valence-electron chi connectivity index (χ0n) is 14.7. The summed E-state index contributed by atoms with van der Waals surface area (Å²) < 4.78 is 43.4. The molecule has 0 bridgehead atoms. The van der Waals surface area contributed by atoms with Crippen molar-refractivity contribution in [2.24, 2.45) is 0 Å². The molecule has 0 radical (unpaired) electrons. The maximum Gasteiger partial charge on any atom is 0.278 e. The molecule has 0 amide bonds. The summed E-state index contributed by atoms with van der Waals surface area (Å²) in [6, 6.07) is 6.45. The van der Waals surface area contributed by atoms with Crippen molar-refractivity contribution in [3.8, 4) is 17.5 Å². The van der Waals surface area contributed by atoms with Crippen LogP contribution < -0.4 is 14.2 Å². The number of hydrogen-bond acceptors (Lipinski definition) is 7. The van der Waals surface area contributed by atoms with Crippen LogP contribution in [0.1, 0.15) is 12.8 Å².